The maximum atomic E-state index is 14.3. The van der Waals surface area contributed by atoms with Gasteiger partial charge in [0.2, 0.25) is 0 Å². The molecule has 2 aliphatic heterocycles. The number of amides is 1. The van der Waals surface area contributed by atoms with E-state index in [1.807, 2.05) is 0 Å². The van der Waals surface area contributed by atoms with Crippen molar-refractivity contribution in [1.29, 1.82) is 0 Å². The summed E-state index contributed by atoms with van der Waals surface area (Å²) >= 11 is 1.30. The van der Waals surface area contributed by atoms with Crippen LogP contribution >= 0.6 is 11.8 Å². The molecule has 0 saturated carbocycles. The Balaban J connectivity index is 2.09. The van der Waals surface area contributed by atoms with E-state index in [-0.39, 0.29) is 17.7 Å². The molecule has 8 heteroatoms. The van der Waals surface area contributed by atoms with E-state index >= 15 is 0 Å². The largest absolute Gasteiger partial charge is 0.465 e. The van der Waals surface area contributed by atoms with Gasteiger partial charge in [-0.2, -0.15) is 0 Å². The molecule has 0 bridgehead atoms. The first-order valence-electron chi connectivity index (χ1n) is 6.37. The number of carbonyl (C=O) groups is 1. The average Bonchev–Trinajstić information content (AvgIpc) is 2.84. The minimum Gasteiger partial charge on any atom is -0.465 e. The number of ether oxygens (including phenoxy) is 1. The Morgan fingerprint density at radius 2 is 2.43 bits per heavy atom. The Bertz CT molecular complexity index is 625. The number of rotatable bonds is 1. The molecule has 0 aliphatic carbocycles. The minimum absolute atomic E-state index is 0.0156. The van der Waals surface area contributed by atoms with Crippen molar-refractivity contribution < 1.29 is 19.0 Å². The topological polar surface area (TPSA) is 96.9 Å². The Morgan fingerprint density at radius 3 is 3.19 bits per heavy atom. The van der Waals surface area contributed by atoms with Crippen molar-refractivity contribution in [2.75, 3.05) is 24.7 Å². The lowest BCUT2D eigenvalue weighted by molar-refractivity contribution is 0.176. The smallest absolute Gasteiger partial charge is 0.410 e. The number of benzene rings is 1. The molecule has 6 nitrogen and oxygen atoms in total. The van der Waals surface area contributed by atoms with Gasteiger partial charge in [0.1, 0.15) is 11.4 Å². The number of anilines is 1. The van der Waals surface area contributed by atoms with Crippen molar-refractivity contribution in [1.82, 2.24) is 5.32 Å². The number of nitrogen functional groups attached to an aromatic ring is 1. The molecular weight excluding hydrogens is 297 g/mol. The van der Waals surface area contributed by atoms with Crippen LogP contribution in [0.15, 0.2) is 23.2 Å². The minimum atomic E-state index is -1.19. The van der Waals surface area contributed by atoms with E-state index in [4.69, 9.17) is 15.6 Å². The summed E-state index contributed by atoms with van der Waals surface area (Å²) in [7, 11) is 0. The fraction of sp³-hybridized carbons (Fsp3) is 0.385. The van der Waals surface area contributed by atoms with Gasteiger partial charge in [-0.05, 0) is 18.2 Å². The van der Waals surface area contributed by atoms with Crippen LogP contribution in [0.2, 0.25) is 0 Å². The number of aliphatic imine (C=N–C) groups is 1. The monoisotopic (exact) mass is 311 g/mol. The van der Waals surface area contributed by atoms with Crippen LogP contribution in [-0.2, 0) is 10.3 Å². The molecule has 2 atom stereocenters. The number of nitrogens with two attached hydrogens (primary N) is 1. The molecule has 1 aromatic rings. The third-order valence-electron chi connectivity index (χ3n) is 3.71. The zero-order chi connectivity index (χ0) is 15.0. The molecule has 3 rings (SSSR count). The van der Waals surface area contributed by atoms with Crippen LogP contribution in [0.1, 0.15) is 5.56 Å². The van der Waals surface area contributed by atoms with Crippen LogP contribution in [0.5, 0.6) is 0 Å². The lowest BCUT2D eigenvalue weighted by Gasteiger charge is -2.34. The third-order valence-corrected chi connectivity index (χ3v) is 4.75. The normalized spacial score (nSPS) is 27.9. The van der Waals surface area contributed by atoms with Crippen molar-refractivity contribution in [2.24, 2.45) is 10.9 Å². The maximum Gasteiger partial charge on any atom is 0.410 e. The second-order valence-corrected chi connectivity index (χ2v) is 6.04. The average molecular weight is 311 g/mol. The summed E-state index contributed by atoms with van der Waals surface area (Å²) in [4.78, 5) is 15.2. The Hall–Kier alpha value is -1.80. The lowest BCUT2D eigenvalue weighted by atomic mass is 9.81. The second kappa shape index (κ2) is 5.19. The number of carboxylic acid groups (broad SMARTS) is 1. The number of nitrogens with zero attached hydrogens (tertiary/aromatic N) is 1. The van der Waals surface area contributed by atoms with Gasteiger partial charge >= 0.3 is 6.09 Å². The zero-order valence-corrected chi connectivity index (χ0v) is 11.8. The van der Waals surface area contributed by atoms with Crippen LogP contribution in [-0.4, -0.2) is 35.3 Å². The highest BCUT2D eigenvalue weighted by molar-refractivity contribution is 8.13. The number of fused-ring (bicyclic) bond motifs is 1. The summed E-state index contributed by atoms with van der Waals surface area (Å²) in [5.41, 5.74) is 5.64. The van der Waals surface area contributed by atoms with Crippen molar-refractivity contribution in [3.63, 3.8) is 0 Å². The standard InChI is InChI=1S/C13H14FN3O3S/c14-10-2-1-8(15)3-9(10)13-6-20-4-7(13)5-21-11(17-13)16-12(18)19/h1-3,7H,4-6,15H2,(H,16,17)(H,18,19). The van der Waals surface area contributed by atoms with Crippen LogP contribution in [0.25, 0.3) is 0 Å². The predicted molar refractivity (Wildman–Crippen MR) is 77.9 cm³/mol. The molecule has 0 aromatic heterocycles. The van der Waals surface area contributed by atoms with Gasteiger partial charge in [0.15, 0.2) is 5.17 Å². The highest BCUT2D eigenvalue weighted by Gasteiger charge is 2.49. The molecule has 1 aromatic carbocycles. The van der Waals surface area contributed by atoms with Gasteiger partial charge in [-0.15, -0.1) is 0 Å². The Morgan fingerprint density at radius 1 is 1.62 bits per heavy atom. The van der Waals surface area contributed by atoms with E-state index in [2.05, 4.69) is 10.3 Å². The highest BCUT2D eigenvalue weighted by atomic mass is 32.2. The van der Waals surface area contributed by atoms with Crippen molar-refractivity contribution >= 4 is 28.7 Å². The number of hydrogen-bond acceptors (Lipinski definition) is 5. The van der Waals surface area contributed by atoms with E-state index < -0.39 is 17.4 Å². The van der Waals surface area contributed by atoms with Gasteiger partial charge in [0.25, 0.3) is 0 Å². The van der Waals surface area contributed by atoms with E-state index in [0.717, 1.165) is 0 Å². The molecule has 2 heterocycles. The van der Waals surface area contributed by atoms with Gasteiger partial charge in [0.05, 0.1) is 13.2 Å². The van der Waals surface area contributed by atoms with Gasteiger partial charge in [-0.25, -0.2) is 14.2 Å². The third kappa shape index (κ3) is 2.44. The van der Waals surface area contributed by atoms with Crippen LogP contribution in [0.3, 0.4) is 0 Å². The summed E-state index contributed by atoms with van der Waals surface area (Å²) in [6.45, 7) is 0.675. The number of amidine groups is 1. The Kier molecular flexibility index (Phi) is 3.50. The predicted octanol–water partition coefficient (Wildman–Crippen LogP) is 1.62. The molecule has 112 valence electrons. The first-order valence-corrected chi connectivity index (χ1v) is 7.36. The molecule has 2 aliphatic rings. The fourth-order valence-electron chi connectivity index (χ4n) is 2.70. The summed E-state index contributed by atoms with van der Waals surface area (Å²) in [5.74, 6) is 0.177. The zero-order valence-electron chi connectivity index (χ0n) is 11.0. The number of halogens is 1. The molecule has 0 radical (unpaired) electrons. The quantitative estimate of drug-likeness (QED) is 0.685. The molecule has 0 spiro atoms. The second-order valence-electron chi connectivity index (χ2n) is 5.03. The Labute approximate surface area is 124 Å². The molecule has 1 saturated heterocycles. The first kappa shape index (κ1) is 14.2. The first-order chi connectivity index (χ1) is 10.0. The van der Waals surface area contributed by atoms with Gasteiger partial charge in [0, 0.05) is 22.9 Å². The molecule has 1 amide bonds. The number of nitrogens with one attached hydrogen (secondary N) is 1. The van der Waals surface area contributed by atoms with Crippen LogP contribution < -0.4 is 11.1 Å². The van der Waals surface area contributed by atoms with Crippen LogP contribution in [0, 0.1) is 11.7 Å². The van der Waals surface area contributed by atoms with E-state index in [1.54, 1.807) is 6.07 Å². The SMILES string of the molecule is Nc1ccc(F)c(C23COCC2CSC(NC(=O)O)=N3)c1. The molecule has 21 heavy (non-hydrogen) atoms. The van der Waals surface area contributed by atoms with Crippen molar-refractivity contribution in [2.45, 2.75) is 5.54 Å². The van der Waals surface area contributed by atoms with E-state index in [9.17, 15) is 9.18 Å². The molecule has 2 unspecified atom stereocenters. The fourth-order valence-corrected chi connectivity index (χ4v) is 3.82. The number of hydrogen-bond donors (Lipinski definition) is 3. The summed E-state index contributed by atoms with van der Waals surface area (Å²) in [5, 5.41) is 11.3. The molecular formula is C13H14FN3O3S. The van der Waals surface area contributed by atoms with Gasteiger partial charge in [-0.1, -0.05) is 11.8 Å². The van der Waals surface area contributed by atoms with E-state index in [1.165, 1.54) is 23.9 Å². The molecule has 1 fully saturated rings. The summed E-state index contributed by atoms with van der Waals surface area (Å²) in [6, 6.07) is 4.34. The number of thioether (sulfide) groups is 1. The van der Waals surface area contributed by atoms with E-state index in [0.29, 0.717) is 23.6 Å². The van der Waals surface area contributed by atoms with Gasteiger partial charge in [-0.3, -0.25) is 5.32 Å². The highest BCUT2D eigenvalue weighted by Crippen LogP contribution is 2.45. The lowest BCUT2D eigenvalue weighted by Crippen LogP contribution is -2.42. The van der Waals surface area contributed by atoms with Crippen molar-refractivity contribution in [3.8, 4) is 0 Å². The summed E-state index contributed by atoms with van der Waals surface area (Å²) in [6.07, 6.45) is -1.19. The van der Waals surface area contributed by atoms with Crippen molar-refractivity contribution in [3.05, 3.63) is 29.6 Å². The molecule has 4 N–H and O–H groups in total. The van der Waals surface area contributed by atoms with Gasteiger partial charge < -0.3 is 15.6 Å². The summed E-state index contributed by atoms with van der Waals surface area (Å²) < 4.78 is 19.7. The maximum absolute atomic E-state index is 14.3. The van der Waals surface area contributed by atoms with Crippen LogP contribution in [0.4, 0.5) is 14.9 Å².